The topological polar surface area (TPSA) is 108 Å². The predicted molar refractivity (Wildman–Crippen MR) is 153 cm³/mol. The number of piperazine rings is 1. The molecule has 1 N–H and O–H groups in total. The van der Waals surface area contributed by atoms with Gasteiger partial charge in [-0.15, -0.1) is 0 Å². The molecule has 1 aromatic rings. The van der Waals surface area contributed by atoms with Crippen LogP contribution in [0, 0.1) is 0 Å². The van der Waals surface area contributed by atoms with E-state index in [2.05, 4.69) is 10.2 Å². The van der Waals surface area contributed by atoms with E-state index in [9.17, 15) is 19.2 Å². The van der Waals surface area contributed by atoms with Crippen molar-refractivity contribution in [1.29, 1.82) is 0 Å². The summed E-state index contributed by atoms with van der Waals surface area (Å²) >= 11 is 0. The third-order valence-electron chi connectivity index (χ3n) is 8.16. The lowest BCUT2D eigenvalue weighted by Crippen LogP contribution is -2.52. The molecule has 1 unspecified atom stereocenters. The highest BCUT2D eigenvalue weighted by Gasteiger charge is 2.44. The van der Waals surface area contributed by atoms with Crippen molar-refractivity contribution in [2.45, 2.75) is 83.8 Å². The average Bonchev–Trinajstić information content (AvgIpc) is 3.15. The van der Waals surface area contributed by atoms with E-state index in [1.807, 2.05) is 32.9 Å². The van der Waals surface area contributed by atoms with Gasteiger partial charge < -0.3 is 14.4 Å². The van der Waals surface area contributed by atoms with Crippen LogP contribution in [0.2, 0.25) is 0 Å². The fourth-order valence-corrected chi connectivity index (χ4v) is 5.82. The van der Waals surface area contributed by atoms with E-state index in [0.717, 1.165) is 69.4 Å². The van der Waals surface area contributed by atoms with Crippen LogP contribution in [0.5, 0.6) is 5.75 Å². The lowest BCUT2D eigenvalue weighted by atomic mass is 9.87. The first-order chi connectivity index (χ1) is 19.6. The zero-order chi connectivity index (χ0) is 29.1. The monoisotopic (exact) mass is 566 g/mol. The van der Waals surface area contributed by atoms with Crippen molar-refractivity contribution in [1.82, 2.24) is 20.0 Å². The molecule has 222 valence electrons. The molecule has 1 aliphatic carbocycles. The van der Waals surface area contributed by atoms with Crippen LogP contribution in [0.3, 0.4) is 0 Å². The van der Waals surface area contributed by atoms with E-state index in [4.69, 9.17) is 9.47 Å². The Kier molecular flexibility index (Phi) is 8.68. The number of ether oxygens (including phenoxy) is 2. The molecule has 0 bridgehead atoms. The minimum Gasteiger partial charge on any atom is -0.494 e. The zero-order valence-corrected chi connectivity index (χ0v) is 24.5. The van der Waals surface area contributed by atoms with Gasteiger partial charge >= 0.3 is 6.09 Å². The van der Waals surface area contributed by atoms with Crippen LogP contribution in [0.15, 0.2) is 23.8 Å². The minimum atomic E-state index is -0.666. The number of hydrogen-bond acceptors (Lipinski definition) is 7. The Morgan fingerprint density at radius 2 is 1.73 bits per heavy atom. The first-order valence-corrected chi connectivity index (χ1v) is 15.0. The quantitative estimate of drug-likeness (QED) is 0.375. The summed E-state index contributed by atoms with van der Waals surface area (Å²) in [5, 5.41) is 2.40. The number of imide groups is 1. The van der Waals surface area contributed by atoms with Crippen molar-refractivity contribution in [2.75, 3.05) is 39.3 Å². The summed E-state index contributed by atoms with van der Waals surface area (Å²) in [6.07, 6.45) is 6.23. The molecule has 5 rings (SSSR count). The number of carbonyl (C=O) groups excluding carboxylic acids is 4. The van der Waals surface area contributed by atoms with Crippen molar-refractivity contribution >= 4 is 29.5 Å². The van der Waals surface area contributed by atoms with Crippen molar-refractivity contribution < 1.29 is 28.7 Å². The van der Waals surface area contributed by atoms with Crippen LogP contribution in [-0.4, -0.2) is 89.5 Å². The molecule has 3 heterocycles. The summed E-state index contributed by atoms with van der Waals surface area (Å²) < 4.78 is 11.5. The van der Waals surface area contributed by atoms with Crippen molar-refractivity contribution in [2.24, 2.45) is 0 Å². The maximum atomic E-state index is 13.6. The second-order valence-corrected chi connectivity index (χ2v) is 12.4. The van der Waals surface area contributed by atoms with Crippen molar-refractivity contribution in [3.63, 3.8) is 0 Å². The van der Waals surface area contributed by atoms with Gasteiger partial charge in [0.05, 0.1) is 17.9 Å². The normalized spacial score (nSPS) is 21.5. The van der Waals surface area contributed by atoms with Gasteiger partial charge in [-0.3, -0.25) is 29.5 Å². The second kappa shape index (κ2) is 12.2. The van der Waals surface area contributed by atoms with Gasteiger partial charge in [-0.05, 0) is 96.0 Å². The molecule has 10 nitrogen and oxygen atoms in total. The maximum Gasteiger partial charge on any atom is 0.410 e. The molecule has 0 aromatic heterocycles. The third kappa shape index (κ3) is 6.74. The van der Waals surface area contributed by atoms with E-state index in [1.165, 1.54) is 5.57 Å². The summed E-state index contributed by atoms with van der Waals surface area (Å²) in [6.45, 7) is 10.3. The first-order valence-electron chi connectivity index (χ1n) is 15.0. The smallest absolute Gasteiger partial charge is 0.410 e. The number of allylic oxidation sites excluding steroid dienone is 1. The maximum absolute atomic E-state index is 13.6. The van der Waals surface area contributed by atoms with Crippen LogP contribution >= 0.6 is 0 Å². The number of fused-ring (bicyclic) bond motifs is 1. The zero-order valence-electron chi connectivity index (χ0n) is 24.5. The molecule has 1 aromatic carbocycles. The molecular weight excluding hydrogens is 524 g/mol. The van der Waals surface area contributed by atoms with Gasteiger partial charge in [0.15, 0.2) is 0 Å². The summed E-state index contributed by atoms with van der Waals surface area (Å²) in [5.74, 6) is -0.231. The molecule has 0 spiro atoms. The van der Waals surface area contributed by atoms with Gasteiger partial charge in [0, 0.05) is 38.2 Å². The molecule has 3 fully saturated rings. The highest BCUT2D eigenvalue weighted by molar-refractivity contribution is 6.13. The van der Waals surface area contributed by atoms with Gasteiger partial charge in [-0.1, -0.05) is 0 Å². The Morgan fingerprint density at radius 3 is 2.39 bits per heavy atom. The Hall–Kier alpha value is -3.40. The highest BCUT2D eigenvalue weighted by Crippen LogP contribution is 2.44. The largest absolute Gasteiger partial charge is 0.494 e. The molecule has 4 amide bonds. The number of nitrogens with one attached hydrogen (secondary N) is 1. The number of unbranched alkanes of at least 4 members (excludes halogenated alkanes) is 2. The Labute approximate surface area is 242 Å². The fraction of sp³-hybridized carbons (Fsp3) is 0.613. The van der Waals surface area contributed by atoms with Crippen LogP contribution in [0.1, 0.15) is 88.1 Å². The molecule has 4 aliphatic rings. The predicted octanol–water partition coefficient (Wildman–Crippen LogP) is 3.94. The molecule has 0 radical (unpaired) electrons. The van der Waals surface area contributed by atoms with E-state index < -0.39 is 17.6 Å². The van der Waals surface area contributed by atoms with E-state index in [1.54, 1.807) is 15.9 Å². The van der Waals surface area contributed by atoms with Crippen molar-refractivity contribution in [3.05, 3.63) is 34.9 Å². The van der Waals surface area contributed by atoms with Gasteiger partial charge in [0.25, 0.3) is 5.91 Å². The van der Waals surface area contributed by atoms with Gasteiger partial charge in [0.2, 0.25) is 11.8 Å². The van der Waals surface area contributed by atoms with Crippen LogP contribution in [-0.2, 0) is 14.3 Å². The summed E-state index contributed by atoms with van der Waals surface area (Å²) in [6, 6.07) is 4.97. The standard InChI is InChI=1S/C31H42N4O6/c1-31(2,3)41-30(39)34-17-15-33(16-18-34)14-5-4-6-19-40-22-10-11-23-24(20-22)29(38)35(27(23)21-8-7-9-21)25-12-13-26(36)32-28(25)37/h10-11,20,25H,4-9,12-19H2,1-3H3,(H,32,36,37). The van der Waals surface area contributed by atoms with Crippen molar-refractivity contribution in [3.8, 4) is 5.75 Å². The van der Waals surface area contributed by atoms with E-state index >= 15 is 0 Å². The fourth-order valence-electron chi connectivity index (χ4n) is 5.82. The van der Waals surface area contributed by atoms with Crippen LogP contribution < -0.4 is 10.1 Å². The molecule has 1 atom stereocenters. The Balaban J connectivity index is 1.08. The van der Waals surface area contributed by atoms with Gasteiger partial charge in [-0.2, -0.15) is 0 Å². The lowest BCUT2D eigenvalue weighted by molar-refractivity contribution is -0.136. The third-order valence-corrected chi connectivity index (χ3v) is 8.16. The van der Waals surface area contributed by atoms with E-state index in [0.29, 0.717) is 37.4 Å². The lowest BCUT2D eigenvalue weighted by Gasteiger charge is -2.35. The first kappa shape index (κ1) is 29.1. The summed E-state index contributed by atoms with van der Waals surface area (Å²) in [4.78, 5) is 55.9. The number of carbonyl (C=O) groups is 4. The molecule has 2 saturated heterocycles. The molecule has 41 heavy (non-hydrogen) atoms. The highest BCUT2D eigenvalue weighted by atomic mass is 16.6. The van der Waals surface area contributed by atoms with Gasteiger partial charge in [0.1, 0.15) is 17.4 Å². The number of nitrogens with zero attached hydrogens (tertiary/aromatic N) is 3. The number of rotatable bonds is 8. The number of benzene rings is 1. The summed E-state index contributed by atoms with van der Waals surface area (Å²) in [7, 11) is 0. The molecule has 10 heteroatoms. The summed E-state index contributed by atoms with van der Waals surface area (Å²) in [5.41, 5.74) is 2.99. The Morgan fingerprint density at radius 1 is 0.976 bits per heavy atom. The average molecular weight is 567 g/mol. The van der Waals surface area contributed by atoms with Crippen LogP contribution in [0.4, 0.5) is 4.79 Å². The molecule has 3 aliphatic heterocycles. The number of amides is 4. The number of piperidine rings is 1. The van der Waals surface area contributed by atoms with Gasteiger partial charge in [-0.25, -0.2) is 4.79 Å². The van der Waals surface area contributed by atoms with E-state index in [-0.39, 0.29) is 24.3 Å². The Bertz CT molecular complexity index is 1220. The number of hydrogen-bond donors (Lipinski definition) is 1. The van der Waals surface area contributed by atoms with Crippen LogP contribution in [0.25, 0.3) is 5.70 Å². The molecule has 1 saturated carbocycles. The SMILES string of the molecule is CC(C)(C)OC(=O)N1CCN(CCCCCOc2ccc3c(c2)C(=O)N(C2CCC(=O)NC2=O)C3=C2CCC2)CC1. The second-order valence-electron chi connectivity index (χ2n) is 12.4. The molecular formula is C31H42N4O6. The minimum absolute atomic E-state index is 0.193.